The highest BCUT2D eigenvalue weighted by atomic mass is 32.1. The molecule has 25 heavy (non-hydrogen) atoms. The second kappa shape index (κ2) is 7.40. The number of aromatic nitrogens is 1. The van der Waals surface area contributed by atoms with E-state index in [0.717, 1.165) is 11.3 Å². The zero-order valence-electron chi connectivity index (χ0n) is 12.9. The molecule has 3 aromatic rings. The molecule has 6 nitrogen and oxygen atoms in total. The van der Waals surface area contributed by atoms with Crippen molar-refractivity contribution in [2.45, 2.75) is 6.92 Å². The van der Waals surface area contributed by atoms with Crippen LogP contribution in [0.5, 0.6) is 0 Å². The van der Waals surface area contributed by atoms with E-state index >= 15 is 0 Å². The second-order valence-corrected chi connectivity index (χ2v) is 6.72. The summed E-state index contributed by atoms with van der Waals surface area (Å²) in [5, 5.41) is 12.4. The van der Waals surface area contributed by atoms with Crippen LogP contribution >= 0.6 is 22.7 Å². The van der Waals surface area contributed by atoms with E-state index in [4.69, 9.17) is 9.94 Å². The SMILES string of the molecule is Cc1csc(F)c1Nc1c(C(=O)NOCCO)cc2scnc2c1F. The van der Waals surface area contributed by atoms with Crippen LogP contribution in [0, 0.1) is 17.9 Å². The zero-order valence-corrected chi connectivity index (χ0v) is 14.6. The Labute approximate surface area is 149 Å². The fourth-order valence-corrected chi connectivity index (χ4v) is 3.61. The smallest absolute Gasteiger partial charge is 0.277 e. The topological polar surface area (TPSA) is 83.5 Å². The monoisotopic (exact) mass is 385 g/mol. The van der Waals surface area contributed by atoms with Crippen molar-refractivity contribution in [3.63, 3.8) is 0 Å². The molecule has 0 radical (unpaired) electrons. The quantitative estimate of drug-likeness (QED) is 0.448. The summed E-state index contributed by atoms with van der Waals surface area (Å²) < 4.78 is 29.3. The number of nitrogens with zero attached hydrogens (tertiary/aromatic N) is 1. The van der Waals surface area contributed by atoms with Gasteiger partial charge in [-0.25, -0.2) is 14.9 Å². The molecule has 10 heteroatoms. The standard InChI is InChI=1S/C15H13F2N3O3S2/c1-7-5-24-14(17)11(7)19-12-8(15(22)20-23-3-2-21)4-9-13(10(12)16)18-6-25-9/h4-6,19,21H,2-3H2,1H3,(H,20,22). The predicted octanol–water partition coefficient (Wildman–Crippen LogP) is 3.34. The van der Waals surface area contributed by atoms with Crippen molar-refractivity contribution < 1.29 is 23.5 Å². The van der Waals surface area contributed by atoms with Crippen molar-refractivity contribution in [2.24, 2.45) is 0 Å². The van der Waals surface area contributed by atoms with Crippen molar-refractivity contribution in [3.8, 4) is 0 Å². The minimum Gasteiger partial charge on any atom is -0.394 e. The van der Waals surface area contributed by atoms with Crippen LogP contribution in [0.2, 0.25) is 0 Å². The molecule has 0 spiro atoms. The third kappa shape index (κ3) is 3.47. The summed E-state index contributed by atoms with van der Waals surface area (Å²) in [6.07, 6.45) is 0. The number of nitrogens with one attached hydrogen (secondary N) is 2. The largest absolute Gasteiger partial charge is 0.394 e. The minimum absolute atomic E-state index is 0.0582. The summed E-state index contributed by atoms with van der Waals surface area (Å²) in [5.74, 6) is -1.48. The summed E-state index contributed by atoms with van der Waals surface area (Å²) in [4.78, 5) is 21.1. The van der Waals surface area contributed by atoms with Gasteiger partial charge in [-0.3, -0.25) is 9.63 Å². The first-order chi connectivity index (χ1) is 12.0. The Morgan fingerprint density at radius 2 is 2.16 bits per heavy atom. The van der Waals surface area contributed by atoms with E-state index in [-0.39, 0.29) is 35.7 Å². The van der Waals surface area contributed by atoms with E-state index in [1.54, 1.807) is 12.3 Å². The molecule has 3 N–H and O–H groups in total. The molecule has 0 aliphatic heterocycles. The molecular weight excluding hydrogens is 372 g/mol. The maximum Gasteiger partial charge on any atom is 0.277 e. The van der Waals surface area contributed by atoms with E-state index in [1.807, 2.05) is 0 Å². The van der Waals surface area contributed by atoms with E-state index < -0.39 is 16.9 Å². The van der Waals surface area contributed by atoms with Gasteiger partial charge in [-0.2, -0.15) is 4.39 Å². The number of fused-ring (bicyclic) bond motifs is 1. The van der Waals surface area contributed by atoms with Gasteiger partial charge in [-0.15, -0.1) is 22.7 Å². The molecule has 0 aliphatic rings. The van der Waals surface area contributed by atoms with Crippen LogP contribution in [-0.2, 0) is 4.84 Å². The molecule has 1 aromatic carbocycles. The number of thiazole rings is 1. The van der Waals surface area contributed by atoms with Crippen LogP contribution in [0.4, 0.5) is 20.2 Å². The average Bonchev–Trinajstić information content (AvgIpc) is 3.18. The fraction of sp³-hybridized carbons (Fsp3) is 0.200. The van der Waals surface area contributed by atoms with Crippen molar-refractivity contribution in [2.75, 3.05) is 18.5 Å². The molecule has 0 saturated carbocycles. The van der Waals surface area contributed by atoms with Gasteiger partial charge in [0, 0.05) is 0 Å². The van der Waals surface area contributed by atoms with Crippen LogP contribution in [0.3, 0.4) is 0 Å². The Bertz CT molecular complexity index is 907. The number of aliphatic hydroxyl groups is 1. The molecule has 3 rings (SSSR count). The fourth-order valence-electron chi connectivity index (χ4n) is 2.17. The molecule has 2 aromatic heterocycles. The molecule has 132 valence electrons. The number of amides is 1. The molecule has 2 heterocycles. The van der Waals surface area contributed by atoms with Gasteiger partial charge in [0.1, 0.15) is 5.52 Å². The maximum atomic E-state index is 14.9. The average molecular weight is 385 g/mol. The first-order valence-corrected chi connectivity index (χ1v) is 8.88. The molecule has 0 bridgehead atoms. The Kier molecular flexibility index (Phi) is 5.23. The van der Waals surface area contributed by atoms with Gasteiger partial charge < -0.3 is 10.4 Å². The normalized spacial score (nSPS) is 11.0. The number of anilines is 2. The molecule has 0 unspecified atom stereocenters. The van der Waals surface area contributed by atoms with Crippen LogP contribution in [0.1, 0.15) is 15.9 Å². The number of hydrogen-bond donors (Lipinski definition) is 3. The molecule has 1 amide bonds. The Balaban J connectivity index is 2.06. The van der Waals surface area contributed by atoms with Crippen molar-refractivity contribution in [3.05, 3.63) is 39.0 Å². The van der Waals surface area contributed by atoms with Gasteiger partial charge in [0.05, 0.1) is 40.4 Å². The van der Waals surface area contributed by atoms with Crippen LogP contribution in [0.15, 0.2) is 17.0 Å². The predicted molar refractivity (Wildman–Crippen MR) is 92.4 cm³/mol. The number of rotatable bonds is 6. The number of thiophene rings is 1. The summed E-state index contributed by atoms with van der Waals surface area (Å²) in [6, 6.07) is 1.45. The zero-order chi connectivity index (χ0) is 18.0. The lowest BCUT2D eigenvalue weighted by Gasteiger charge is -2.14. The number of halogens is 2. The molecule has 0 fully saturated rings. The van der Waals surface area contributed by atoms with E-state index in [9.17, 15) is 13.6 Å². The number of hydroxylamine groups is 1. The minimum atomic E-state index is -0.754. The number of aryl methyl sites for hydroxylation is 1. The summed E-state index contributed by atoms with van der Waals surface area (Å²) in [6.45, 7) is 1.27. The molecule has 0 atom stereocenters. The van der Waals surface area contributed by atoms with Gasteiger partial charge in [0.2, 0.25) is 0 Å². The lowest BCUT2D eigenvalue weighted by molar-refractivity contribution is 0.0169. The van der Waals surface area contributed by atoms with Crippen LogP contribution < -0.4 is 10.8 Å². The van der Waals surface area contributed by atoms with Gasteiger partial charge in [-0.05, 0) is 23.9 Å². The van der Waals surface area contributed by atoms with Crippen LogP contribution in [-0.4, -0.2) is 29.2 Å². The summed E-state index contributed by atoms with van der Waals surface area (Å²) in [5.41, 5.74) is 4.11. The Morgan fingerprint density at radius 1 is 1.36 bits per heavy atom. The van der Waals surface area contributed by atoms with E-state index in [2.05, 4.69) is 15.8 Å². The molecule has 0 saturated heterocycles. The van der Waals surface area contributed by atoms with Gasteiger partial charge in [-0.1, -0.05) is 0 Å². The number of hydrogen-bond acceptors (Lipinski definition) is 7. The maximum absolute atomic E-state index is 14.9. The number of aliphatic hydroxyl groups excluding tert-OH is 1. The number of carbonyl (C=O) groups excluding carboxylic acids is 1. The first-order valence-electron chi connectivity index (χ1n) is 7.12. The van der Waals surface area contributed by atoms with Crippen molar-refractivity contribution in [1.29, 1.82) is 0 Å². The molecule has 0 aliphatic carbocycles. The number of carbonyl (C=O) groups is 1. The van der Waals surface area contributed by atoms with Crippen molar-refractivity contribution >= 4 is 50.2 Å². The van der Waals surface area contributed by atoms with E-state index in [1.165, 1.54) is 22.9 Å². The van der Waals surface area contributed by atoms with Crippen LogP contribution in [0.25, 0.3) is 10.2 Å². The second-order valence-electron chi connectivity index (χ2n) is 5.01. The third-order valence-electron chi connectivity index (χ3n) is 3.35. The third-order valence-corrected chi connectivity index (χ3v) is 5.01. The van der Waals surface area contributed by atoms with Gasteiger partial charge in [0.25, 0.3) is 5.91 Å². The lowest BCUT2D eigenvalue weighted by atomic mass is 10.1. The van der Waals surface area contributed by atoms with Gasteiger partial charge >= 0.3 is 0 Å². The van der Waals surface area contributed by atoms with Gasteiger partial charge in [0.15, 0.2) is 10.9 Å². The highest BCUT2D eigenvalue weighted by Gasteiger charge is 2.22. The highest BCUT2D eigenvalue weighted by Crippen LogP contribution is 2.35. The summed E-state index contributed by atoms with van der Waals surface area (Å²) in [7, 11) is 0. The number of benzene rings is 1. The Morgan fingerprint density at radius 3 is 2.84 bits per heavy atom. The van der Waals surface area contributed by atoms with Crippen molar-refractivity contribution in [1.82, 2.24) is 10.5 Å². The molecular formula is C15H13F2N3O3S2. The first kappa shape index (κ1) is 17.7. The Hall–Kier alpha value is -2.14. The summed E-state index contributed by atoms with van der Waals surface area (Å²) >= 11 is 2.05. The van der Waals surface area contributed by atoms with E-state index in [0.29, 0.717) is 10.3 Å². The lowest BCUT2D eigenvalue weighted by Crippen LogP contribution is -2.26. The highest BCUT2D eigenvalue weighted by molar-refractivity contribution is 7.16.